The molecule has 0 unspecified atom stereocenters. The fourth-order valence-corrected chi connectivity index (χ4v) is 3.73. The average molecular weight is 293 g/mol. The van der Waals surface area contributed by atoms with Gasteiger partial charge in [0.05, 0.1) is 5.39 Å². The molecule has 0 aliphatic carbocycles. The minimum atomic E-state index is 0.204. The maximum Gasteiger partial charge on any atom is 0.416 e. The molecule has 3 nitrogen and oxygen atoms in total. The Hall–Kier alpha value is -2.46. The van der Waals surface area contributed by atoms with Crippen LogP contribution in [0.4, 0.5) is 0 Å². The summed E-state index contributed by atoms with van der Waals surface area (Å²) in [4.78, 5) is 1.81. The molecule has 0 saturated carbocycles. The molecule has 4 rings (SSSR count). The molecule has 0 saturated heterocycles. The Balaban J connectivity index is 2.13. The monoisotopic (exact) mass is 293 g/mol. The van der Waals surface area contributed by atoms with Crippen LogP contribution in [0, 0.1) is 6.92 Å². The van der Waals surface area contributed by atoms with Crippen molar-refractivity contribution in [3.05, 3.63) is 60.3 Å². The summed E-state index contributed by atoms with van der Waals surface area (Å²) in [6, 6.07) is 18.1. The minimum absolute atomic E-state index is 0.204. The molecule has 0 radical (unpaired) electrons. The van der Waals surface area contributed by atoms with E-state index in [4.69, 9.17) is 0 Å². The second-order valence-corrected chi connectivity index (χ2v) is 5.97. The van der Waals surface area contributed by atoms with Crippen LogP contribution in [-0.4, -0.2) is 10.2 Å². The molecule has 0 bridgehead atoms. The second-order valence-electron chi connectivity index (χ2n) is 4.97. The predicted molar refractivity (Wildman–Crippen MR) is 84.6 cm³/mol. The SMILES string of the molecule is Cc1n[n+]2c(O)c(-c3ccccc3)sc2c2ccccc12. The van der Waals surface area contributed by atoms with Crippen LogP contribution in [0.2, 0.25) is 0 Å². The van der Waals surface area contributed by atoms with Crippen LogP contribution in [0.15, 0.2) is 54.6 Å². The number of rotatable bonds is 1. The lowest BCUT2D eigenvalue weighted by Crippen LogP contribution is -2.25. The quantitative estimate of drug-likeness (QED) is 0.543. The highest BCUT2D eigenvalue weighted by Gasteiger charge is 2.26. The van der Waals surface area contributed by atoms with Crippen molar-refractivity contribution in [2.75, 3.05) is 0 Å². The van der Waals surface area contributed by atoms with Gasteiger partial charge in [0.1, 0.15) is 5.69 Å². The molecule has 4 heteroatoms. The zero-order chi connectivity index (χ0) is 14.4. The Morgan fingerprint density at radius 3 is 2.38 bits per heavy atom. The summed E-state index contributed by atoms with van der Waals surface area (Å²) in [5.41, 5.74) is 1.92. The van der Waals surface area contributed by atoms with Gasteiger partial charge >= 0.3 is 10.7 Å². The standard InChI is InChI=1S/C17H12N2OS/c1-11-13-9-5-6-10-14(13)17-19(18-11)16(20)15(21-17)12-7-3-2-4-8-12/h2-10H,1H3/p+1. The molecule has 0 atom stereocenters. The lowest BCUT2D eigenvalue weighted by atomic mass is 10.1. The van der Waals surface area contributed by atoms with Crippen molar-refractivity contribution in [2.45, 2.75) is 6.92 Å². The van der Waals surface area contributed by atoms with Crippen molar-refractivity contribution in [1.82, 2.24) is 5.10 Å². The molecule has 1 N–H and O–H groups in total. The van der Waals surface area contributed by atoms with E-state index in [1.165, 1.54) is 0 Å². The molecule has 0 fully saturated rings. The third-order valence-electron chi connectivity index (χ3n) is 3.63. The molecule has 21 heavy (non-hydrogen) atoms. The van der Waals surface area contributed by atoms with Gasteiger partial charge in [-0.15, -0.1) is 0 Å². The molecule has 0 aliphatic rings. The van der Waals surface area contributed by atoms with Gasteiger partial charge in [-0.25, -0.2) is 0 Å². The first-order valence-corrected chi connectivity index (χ1v) is 7.56. The molecule has 2 aromatic heterocycles. The van der Waals surface area contributed by atoms with Crippen molar-refractivity contribution >= 4 is 26.9 Å². The fourth-order valence-electron chi connectivity index (χ4n) is 2.61. The zero-order valence-electron chi connectivity index (χ0n) is 11.4. The van der Waals surface area contributed by atoms with Gasteiger partial charge in [-0.05, 0) is 13.0 Å². The van der Waals surface area contributed by atoms with Crippen molar-refractivity contribution in [3.8, 4) is 16.3 Å². The summed E-state index contributed by atoms with van der Waals surface area (Å²) in [6.45, 7) is 1.97. The van der Waals surface area contributed by atoms with Gasteiger partial charge in [0.15, 0.2) is 4.88 Å². The van der Waals surface area contributed by atoms with Crippen LogP contribution in [0.3, 0.4) is 0 Å². The molecule has 2 aromatic carbocycles. The van der Waals surface area contributed by atoms with E-state index in [2.05, 4.69) is 17.2 Å². The van der Waals surface area contributed by atoms with Gasteiger partial charge in [0, 0.05) is 20.6 Å². The Morgan fingerprint density at radius 2 is 1.62 bits per heavy atom. The van der Waals surface area contributed by atoms with Gasteiger partial charge < -0.3 is 5.11 Å². The van der Waals surface area contributed by atoms with Gasteiger partial charge in [-0.3, -0.25) is 0 Å². The number of aryl methyl sites for hydroxylation is 1. The Kier molecular flexibility index (Phi) is 2.65. The van der Waals surface area contributed by atoms with Crippen molar-refractivity contribution < 1.29 is 9.62 Å². The van der Waals surface area contributed by atoms with Crippen LogP contribution >= 0.6 is 11.3 Å². The number of fused-ring (bicyclic) bond motifs is 3. The van der Waals surface area contributed by atoms with E-state index in [-0.39, 0.29) is 5.88 Å². The van der Waals surface area contributed by atoms with Gasteiger partial charge in [-0.1, -0.05) is 59.9 Å². The third-order valence-corrected chi connectivity index (χ3v) is 4.84. The maximum absolute atomic E-state index is 10.5. The topological polar surface area (TPSA) is 37.2 Å². The molecule has 2 heterocycles. The summed E-state index contributed by atoms with van der Waals surface area (Å²) in [7, 11) is 0. The largest absolute Gasteiger partial charge is 0.457 e. The fraction of sp³-hybridized carbons (Fsp3) is 0.0588. The van der Waals surface area contributed by atoms with Crippen molar-refractivity contribution in [3.63, 3.8) is 0 Å². The first-order chi connectivity index (χ1) is 10.3. The van der Waals surface area contributed by atoms with Crippen molar-refractivity contribution in [2.24, 2.45) is 0 Å². The number of aromatic nitrogens is 2. The predicted octanol–water partition coefficient (Wildman–Crippen LogP) is 3.72. The summed E-state index contributed by atoms with van der Waals surface area (Å²) in [6.07, 6.45) is 0. The van der Waals surface area contributed by atoms with Gasteiger partial charge in [0.25, 0.3) is 0 Å². The first-order valence-electron chi connectivity index (χ1n) is 6.74. The summed E-state index contributed by atoms with van der Waals surface area (Å²) in [5, 5.41) is 17.3. The summed E-state index contributed by atoms with van der Waals surface area (Å²) in [5.74, 6) is 0.204. The van der Waals surface area contributed by atoms with Crippen molar-refractivity contribution in [1.29, 1.82) is 0 Å². The molecule has 0 amide bonds. The molecular weight excluding hydrogens is 280 g/mol. The summed E-state index contributed by atoms with van der Waals surface area (Å²) >= 11 is 1.57. The third kappa shape index (κ3) is 1.80. The zero-order valence-corrected chi connectivity index (χ0v) is 12.3. The van der Waals surface area contributed by atoms with Gasteiger partial charge in [0.2, 0.25) is 0 Å². The Labute approximate surface area is 125 Å². The highest BCUT2D eigenvalue weighted by Crippen LogP contribution is 2.36. The van der Waals surface area contributed by atoms with Gasteiger partial charge in [-0.2, -0.15) is 0 Å². The van der Waals surface area contributed by atoms with Crippen LogP contribution in [-0.2, 0) is 0 Å². The highest BCUT2D eigenvalue weighted by molar-refractivity contribution is 7.21. The van der Waals surface area contributed by atoms with Crippen LogP contribution in [0.25, 0.3) is 26.0 Å². The Bertz CT molecular complexity index is 961. The number of hydrogen-bond acceptors (Lipinski definition) is 3. The smallest absolute Gasteiger partial charge is 0.416 e. The van der Waals surface area contributed by atoms with E-state index >= 15 is 0 Å². The molecule has 0 spiro atoms. The first kappa shape index (κ1) is 12.3. The lowest BCUT2D eigenvalue weighted by molar-refractivity contribution is -0.584. The molecule has 102 valence electrons. The number of thiazole rings is 1. The van der Waals surface area contributed by atoms with E-state index in [0.717, 1.165) is 31.7 Å². The van der Waals surface area contributed by atoms with E-state index in [1.54, 1.807) is 15.9 Å². The highest BCUT2D eigenvalue weighted by atomic mass is 32.1. The normalized spacial score (nSPS) is 11.3. The van der Waals surface area contributed by atoms with E-state index < -0.39 is 0 Å². The van der Waals surface area contributed by atoms with E-state index in [1.807, 2.05) is 49.4 Å². The second kappa shape index (κ2) is 4.53. The summed E-state index contributed by atoms with van der Waals surface area (Å²) < 4.78 is 1.64. The lowest BCUT2D eigenvalue weighted by Gasteiger charge is -1.96. The molecule has 4 aromatic rings. The number of benzene rings is 2. The number of hydrogen-bond donors (Lipinski definition) is 1. The number of aromatic hydroxyl groups is 1. The van der Waals surface area contributed by atoms with Crippen LogP contribution in [0.5, 0.6) is 5.88 Å². The minimum Gasteiger partial charge on any atom is -0.457 e. The Morgan fingerprint density at radius 1 is 0.952 bits per heavy atom. The molecule has 0 aliphatic heterocycles. The maximum atomic E-state index is 10.5. The average Bonchev–Trinajstić information content (AvgIpc) is 2.86. The van der Waals surface area contributed by atoms with Crippen LogP contribution < -0.4 is 4.52 Å². The van der Waals surface area contributed by atoms with E-state index in [9.17, 15) is 5.11 Å². The van der Waals surface area contributed by atoms with E-state index in [0.29, 0.717) is 0 Å². The molecular formula is C17H13N2OS+. The number of nitrogens with zero attached hydrogens (tertiary/aromatic N) is 2. The van der Waals surface area contributed by atoms with Crippen LogP contribution in [0.1, 0.15) is 5.69 Å².